The van der Waals surface area contributed by atoms with E-state index in [-0.39, 0.29) is 12.3 Å². The van der Waals surface area contributed by atoms with E-state index in [1.54, 1.807) is 17.4 Å². The largest absolute Gasteiger partial charge is 0.459 e. The van der Waals surface area contributed by atoms with Crippen LogP contribution in [0.15, 0.2) is 58.3 Å². The van der Waals surface area contributed by atoms with Gasteiger partial charge in [0.15, 0.2) is 0 Å². The first-order chi connectivity index (χ1) is 11.0. The Hall–Kier alpha value is -1.89. The van der Waals surface area contributed by atoms with Crippen LogP contribution in [0, 0.1) is 6.92 Å². The summed E-state index contributed by atoms with van der Waals surface area (Å²) in [5, 5.41) is 1.97. The van der Waals surface area contributed by atoms with Crippen molar-refractivity contribution in [1.82, 2.24) is 4.72 Å². The van der Waals surface area contributed by atoms with Crippen molar-refractivity contribution >= 4 is 21.4 Å². The Morgan fingerprint density at radius 2 is 2.00 bits per heavy atom. The van der Waals surface area contributed by atoms with Gasteiger partial charge in [0, 0.05) is 0 Å². The van der Waals surface area contributed by atoms with Gasteiger partial charge in [0.05, 0.1) is 17.2 Å². The Morgan fingerprint density at radius 1 is 1.13 bits per heavy atom. The monoisotopic (exact) mass is 347 g/mol. The molecular weight excluding hydrogens is 330 g/mol. The van der Waals surface area contributed by atoms with Crippen LogP contribution >= 0.6 is 11.3 Å². The van der Waals surface area contributed by atoms with Gasteiger partial charge >= 0.3 is 0 Å². The molecule has 4 nitrogen and oxygen atoms in total. The van der Waals surface area contributed by atoms with Crippen molar-refractivity contribution in [3.63, 3.8) is 0 Å². The highest BCUT2D eigenvalue weighted by atomic mass is 32.2. The molecule has 3 aromatic rings. The van der Waals surface area contributed by atoms with Crippen molar-refractivity contribution in [2.24, 2.45) is 0 Å². The van der Waals surface area contributed by atoms with Crippen LogP contribution in [0.25, 0.3) is 10.6 Å². The Kier molecular flexibility index (Phi) is 4.66. The van der Waals surface area contributed by atoms with Gasteiger partial charge in [0.25, 0.3) is 0 Å². The number of thiophene rings is 1. The van der Waals surface area contributed by atoms with Crippen molar-refractivity contribution < 1.29 is 12.8 Å². The third-order valence-electron chi connectivity index (χ3n) is 3.33. The summed E-state index contributed by atoms with van der Waals surface area (Å²) < 4.78 is 32.6. The van der Waals surface area contributed by atoms with Gasteiger partial charge in [0.2, 0.25) is 10.0 Å². The summed E-state index contributed by atoms with van der Waals surface area (Å²) in [6.07, 6.45) is 0. The van der Waals surface area contributed by atoms with Gasteiger partial charge in [-0.3, -0.25) is 0 Å². The second-order valence-electron chi connectivity index (χ2n) is 5.31. The van der Waals surface area contributed by atoms with E-state index in [9.17, 15) is 8.42 Å². The third-order valence-corrected chi connectivity index (χ3v) is 5.51. The van der Waals surface area contributed by atoms with Gasteiger partial charge in [0.1, 0.15) is 11.5 Å². The van der Waals surface area contributed by atoms with Crippen LogP contribution in [0.3, 0.4) is 0 Å². The first-order valence-electron chi connectivity index (χ1n) is 7.17. The second-order valence-corrected chi connectivity index (χ2v) is 8.07. The zero-order valence-electron chi connectivity index (χ0n) is 12.7. The minimum atomic E-state index is -3.40. The van der Waals surface area contributed by atoms with Gasteiger partial charge < -0.3 is 4.42 Å². The lowest BCUT2D eigenvalue weighted by Gasteiger charge is -2.06. The average Bonchev–Trinajstić information content (AvgIpc) is 3.16. The van der Waals surface area contributed by atoms with E-state index >= 15 is 0 Å². The van der Waals surface area contributed by atoms with Gasteiger partial charge in [-0.2, -0.15) is 0 Å². The average molecular weight is 347 g/mol. The van der Waals surface area contributed by atoms with Gasteiger partial charge in [-0.05, 0) is 36.1 Å². The molecule has 0 aliphatic rings. The molecule has 1 N–H and O–H groups in total. The highest BCUT2D eigenvalue weighted by Gasteiger charge is 2.13. The Labute approximate surface area is 139 Å². The van der Waals surface area contributed by atoms with Gasteiger partial charge in [-0.1, -0.05) is 35.9 Å². The minimum absolute atomic E-state index is 0.0346. The lowest BCUT2D eigenvalue weighted by molar-refractivity contribution is 0.510. The Balaban J connectivity index is 1.63. The maximum atomic E-state index is 12.2. The molecule has 120 valence electrons. The minimum Gasteiger partial charge on any atom is -0.459 e. The van der Waals surface area contributed by atoms with Crippen molar-refractivity contribution in [2.75, 3.05) is 0 Å². The normalized spacial score (nSPS) is 11.7. The van der Waals surface area contributed by atoms with Crippen molar-refractivity contribution in [3.05, 3.63) is 70.8 Å². The number of hydrogen-bond donors (Lipinski definition) is 1. The lowest BCUT2D eigenvalue weighted by Crippen LogP contribution is -2.24. The molecule has 3 rings (SSSR count). The van der Waals surface area contributed by atoms with Crippen LogP contribution in [0.4, 0.5) is 0 Å². The molecule has 0 spiro atoms. The smallest absolute Gasteiger partial charge is 0.216 e. The topological polar surface area (TPSA) is 59.3 Å². The van der Waals surface area contributed by atoms with E-state index in [0.29, 0.717) is 5.76 Å². The summed E-state index contributed by atoms with van der Waals surface area (Å²) in [6, 6.07) is 15.1. The molecule has 0 unspecified atom stereocenters. The van der Waals surface area contributed by atoms with Crippen LogP contribution in [0.5, 0.6) is 0 Å². The summed E-state index contributed by atoms with van der Waals surface area (Å²) in [6.45, 7) is 2.10. The number of aryl methyl sites for hydroxylation is 1. The molecule has 0 aliphatic heterocycles. The van der Waals surface area contributed by atoms with Crippen LogP contribution in [0.1, 0.15) is 16.9 Å². The highest BCUT2D eigenvalue weighted by Crippen LogP contribution is 2.26. The molecule has 0 saturated heterocycles. The molecule has 1 aromatic carbocycles. The molecule has 0 saturated carbocycles. The Morgan fingerprint density at radius 3 is 2.74 bits per heavy atom. The van der Waals surface area contributed by atoms with E-state index < -0.39 is 10.0 Å². The standard InChI is InChI=1S/C17H17NO3S2/c1-13-4-2-5-14(10-13)12-23(19,20)18-11-15-7-8-16(21-15)17-6-3-9-22-17/h2-10,18H,11-12H2,1H3. The Bertz CT molecular complexity index is 880. The fraction of sp³-hybridized carbons (Fsp3) is 0.176. The number of furan rings is 1. The molecule has 0 bridgehead atoms. The summed E-state index contributed by atoms with van der Waals surface area (Å²) in [5.41, 5.74) is 1.82. The first kappa shape index (κ1) is 16.0. The molecule has 2 heterocycles. The molecule has 0 fully saturated rings. The number of benzene rings is 1. The van der Waals surface area contributed by atoms with Gasteiger partial charge in [-0.25, -0.2) is 13.1 Å². The maximum absolute atomic E-state index is 12.2. The number of hydrogen-bond acceptors (Lipinski definition) is 4. The van der Waals surface area contributed by atoms with E-state index in [2.05, 4.69) is 4.72 Å². The van der Waals surface area contributed by atoms with Crippen LogP contribution in [-0.2, 0) is 22.3 Å². The van der Waals surface area contributed by atoms with Crippen LogP contribution in [0.2, 0.25) is 0 Å². The van der Waals surface area contributed by atoms with E-state index in [0.717, 1.165) is 21.8 Å². The molecule has 0 amide bonds. The molecule has 0 aliphatic carbocycles. The van der Waals surface area contributed by atoms with E-state index in [1.807, 2.05) is 54.8 Å². The molecule has 6 heteroatoms. The SMILES string of the molecule is Cc1cccc(CS(=O)(=O)NCc2ccc(-c3cccs3)o2)c1. The highest BCUT2D eigenvalue weighted by molar-refractivity contribution is 7.88. The first-order valence-corrected chi connectivity index (χ1v) is 9.70. The van der Waals surface area contributed by atoms with Crippen molar-refractivity contribution in [1.29, 1.82) is 0 Å². The molecule has 2 aromatic heterocycles. The fourth-order valence-electron chi connectivity index (χ4n) is 2.28. The summed E-state index contributed by atoms with van der Waals surface area (Å²) in [4.78, 5) is 1.03. The number of nitrogens with one attached hydrogen (secondary N) is 1. The van der Waals surface area contributed by atoms with Crippen LogP contribution in [-0.4, -0.2) is 8.42 Å². The summed E-state index contributed by atoms with van der Waals surface area (Å²) >= 11 is 1.58. The predicted molar refractivity (Wildman–Crippen MR) is 92.7 cm³/mol. The molecular formula is C17H17NO3S2. The molecule has 0 radical (unpaired) electrons. The summed E-state index contributed by atoms with van der Waals surface area (Å²) in [5.74, 6) is 1.32. The van der Waals surface area contributed by atoms with E-state index in [1.165, 1.54) is 0 Å². The van der Waals surface area contributed by atoms with Crippen molar-refractivity contribution in [3.8, 4) is 10.6 Å². The van der Waals surface area contributed by atoms with Crippen molar-refractivity contribution in [2.45, 2.75) is 19.2 Å². The molecule has 0 atom stereocenters. The molecule has 23 heavy (non-hydrogen) atoms. The van der Waals surface area contributed by atoms with Crippen LogP contribution < -0.4 is 4.72 Å². The van der Waals surface area contributed by atoms with Gasteiger partial charge in [-0.15, -0.1) is 11.3 Å². The lowest BCUT2D eigenvalue weighted by atomic mass is 10.2. The number of rotatable bonds is 6. The summed E-state index contributed by atoms with van der Waals surface area (Å²) in [7, 11) is -3.40. The van der Waals surface area contributed by atoms with E-state index in [4.69, 9.17) is 4.42 Å². The third kappa shape index (κ3) is 4.31. The quantitative estimate of drug-likeness (QED) is 0.735. The number of sulfonamides is 1. The maximum Gasteiger partial charge on any atom is 0.216 e. The second kappa shape index (κ2) is 6.70. The zero-order chi connectivity index (χ0) is 16.3. The predicted octanol–water partition coefficient (Wildman–Crippen LogP) is 3.94. The zero-order valence-corrected chi connectivity index (χ0v) is 14.3. The fourth-order valence-corrected chi connectivity index (χ4v) is 4.05.